The largest absolute Gasteiger partial charge is 0.444 e. The molecule has 0 bridgehead atoms. The number of ether oxygens (including phenoxy) is 1. The van der Waals surface area contributed by atoms with Crippen molar-refractivity contribution in [1.29, 1.82) is 0 Å². The number of carbonyl (C=O) groups is 2. The Morgan fingerprint density at radius 1 is 1.11 bits per heavy atom. The number of piperidine rings is 1. The van der Waals surface area contributed by atoms with E-state index in [1.54, 1.807) is 4.90 Å². The molecule has 0 aromatic heterocycles. The summed E-state index contributed by atoms with van der Waals surface area (Å²) in [5, 5.41) is 3.03. The quantitative estimate of drug-likeness (QED) is 0.859. The number of nitrogens with one attached hydrogen (secondary N) is 1. The van der Waals surface area contributed by atoms with Gasteiger partial charge in [-0.1, -0.05) is 24.3 Å². The van der Waals surface area contributed by atoms with Crippen molar-refractivity contribution in [3.8, 4) is 0 Å². The van der Waals surface area contributed by atoms with Gasteiger partial charge in [0.1, 0.15) is 5.60 Å². The molecule has 1 N–H and O–H groups in total. The molecule has 1 aromatic carbocycles. The first-order valence-electron chi connectivity index (χ1n) is 9.62. The molecule has 1 aromatic rings. The van der Waals surface area contributed by atoms with Crippen molar-refractivity contribution < 1.29 is 14.3 Å². The van der Waals surface area contributed by atoms with E-state index in [-0.39, 0.29) is 17.9 Å². The lowest BCUT2D eigenvalue weighted by atomic mass is 9.96. The van der Waals surface area contributed by atoms with Gasteiger partial charge in [0.2, 0.25) is 5.91 Å². The van der Waals surface area contributed by atoms with E-state index in [2.05, 4.69) is 34.5 Å². The molecule has 1 fully saturated rings. The van der Waals surface area contributed by atoms with Gasteiger partial charge in [0, 0.05) is 32.1 Å². The fourth-order valence-electron chi connectivity index (χ4n) is 3.11. The van der Waals surface area contributed by atoms with Gasteiger partial charge in [-0.3, -0.25) is 4.79 Å². The van der Waals surface area contributed by atoms with E-state index in [4.69, 9.17) is 4.74 Å². The van der Waals surface area contributed by atoms with Gasteiger partial charge in [-0.25, -0.2) is 4.79 Å². The lowest BCUT2D eigenvalue weighted by Crippen LogP contribution is -2.44. The van der Waals surface area contributed by atoms with Crippen LogP contribution in [0.4, 0.5) is 4.79 Å². The zero-order valence-electron chi connectivity index (χ0n) is 17.2. The van der Waals surface area contributed by atoms with Gasteiger partial charge in [0.05, 0.1) is 0 Å². The van der Waals surface area contributed by atoms with Crippen molar-refractivity contribution >= 4 is 12.0 Å². The maximum atomic E-state index is 12.4. The third kappa shape index (κ3) is 7.21. The first-order valence-corrected chi connectivity index (χ1v) is 9.62. The lowest BCUT2D eigenvalue weighted by molar-refractivity contribution is -0.126. The smallest absolute Gasteiger partial charge is 0.410 e. The van der Waals surface area contributed by atoms with Crippen molar-refractivity contribution in [3.05, 3.63) is 35.4 Å². The number of benzene rings is 1. The maximum Gasteiger partial charge on any atom is 0.410 e. The van der Waals surface area contributed by atoms with E-state index >= 15 is 0 Å². The van der Waals surface area contributed by atoms with Gasteiger partial charge < -0.3 is 19.9 Å². The summed E-state index contributed by atoms with van der Waals surface area (Å²) in [6.07, 6.45) is 1.05. The van der Waals surface area contributed by atoms with Gasteiger partial charge in [0.25, 0.3) is 0 Å². The molecule has 2 rings (SSSR count). The second-order valence-corrected chi connectivity index (χ2v) is 8.51. The minimum absolute atomic E-state index is 0.0447. The first kappa shape index (κ1) is 21.2. The molecule has 1 saturated heterocycles. The number of carbonyl (C=O) groups excluding carboxylic acids is 2. The van der Waals surface area contributed by atoms with E-state index in [9.17, 15) is 9.59 Å². The zero-order chi connectivity index (χ0) is 20.0. The summed E-state index contributed by atoms with van der Waals surface area (Å²) in [4.78, 5) is 28.4. The molecular weight excluding hydrogens is 342 g/mol. The highest BCUT2D eigenvalue weighted by molar-refractivity contribution is 5.79. The normalized spacial score (nSPS) is 15.7. The van der Waals surface area contributed by atoms with Crippen LogP contribution in [0.5, 0.6) is 0 Å². The van der Waals surface area contributed by atoms with E-state index in [0.29, 0.717) is 32.5 Å². The minimum atomic E-state index is -0.493. The maximum absolute atomic E-state index is 12.4. The predicted molar refractivity (Wildman–Crippen MR) is 106 cm³/mol. The van der Waals surface area contributed by atoms with E-state index < -0.39 is 5.60 Å². The summed E-state index contributed by atoms with van der Waals surface area (Å²) in [6.45, 7) is 8.14. The predicted octanol–water partition coefficient (Wildman–Crippen LogP) is 3.01. The van der Waals surface area contributed by atoms with Crippen LogP contribution in [0.3, 0.4) is 0 Å². The van der Waals surface area contributed by atoms with Crippen molar-refractivity contribution in [3.63, 3.8) is 0 Å². The number of amides is 2. The van der Waals surface area contributed by atoms with Crippen LogP contribution in [-0.2, 0) is 22.6 Å². The minimum Gasteiger partial charge on any atom is -0.444 e. The molecule has 0 spiro atoms. The van der Waals surface area contributed by atoms with Gasteiger partial charge in [-0.05, 0) is 58.8 Å². The van der Waals surface area contributed by atoms with Crippen LogP contribution in [0.1, 0.15) is 44.7 Å². The van der Waals surface area contributed by atoms with Crippen molar-refractivity contribution in [2.75, 3.05) is 27.2 Å². The van der Waals surface area contributed by atoms with Crippen LogP contribution >= 0.6 is 0 Å². The standard InChI is InChI=1S/C21H33N3O3/c1-21(2,3)27-20(26)24-12-10-18(11-13-24)19(25)22-14-16-6-8-17(9-7-16)15-23(4)5/h6-9,18H,10-15H2,1-5H3,(H,22,25). The monoisotopic (exact) mass is 375 g/mol. The molecule has 6 heteroatoms. The average molecular weight is 376 g/mol. The molecule has 1 aliphatic rings. The summed E-state index contributed by atoms with van der Waals surface area (Å²) in [7, 11) is 4.09. The van der Waals surface area contributed by atoms with Crippen molar-refractivity contribution in [1.82, 2.24) is 15.1 Å². The Balaban J connectivity index is 1.75. The van der Waals surface area contributed by atoms with Crippen LogP contribution in [0, 0.1) is 5.92 Å². The van der Waals surface area contributed by atoms with E-state index in [0.717, 1.165) is 12.1 Å². The Morgan fingerprint density at radius 3 is 2.19 bits per heavy atom. The highest BCUT2D eigenvalue weighted by Gasteiger charge is 2.29. The molecule has 0 radical (unpaired) electrons. The van der Waals surface area contributed by atoms with Gasteiger partial charge >= 0.3 is 6.09 Å². The van der Waals surface area contributed by atoms with Gasteiger partial charge in [-0.2, -0.15) is 0 Å². The van der Waals surface area contributed by atoms with Gasteiger partial charge in [0.15, 0.2) is 0 Å². The summed E-state index contributed by atoms with van der Waals surface area (Å²) < 4.78 is 5.40. The molecule has 0 saturated carbocycles. The molecule has 0 unspecified atom stereocenters. The lowest BCUT2D eigenvalue weighted by Gasteiger charge is -2.32. The summed E-state index contributed by atoms with van der Waals surface area (Å²) in [5.74, 6) is 0.0212. The Labute approximate surface area is 162 Å². The zero-order valence-corrected chi connectivity index (χ0v) is 17.2. The third-order valence-corrected chi connectivity index (χ3v) is 4.51. The molecule has 27 heavy (non-hydrogen) atoms. The van der Waals surface area contributed by atoms with Crippen molar-refractivity contribution in [2.45, 2.75) is 52.3 Å². The number of hydrogen-bond acceptors (Lipinski definition) is 4. The third-order valence-electron chi connectivity index (χ3n) is 4.51. The molecule has 0 aliphatic carbocycles. The SMILES string of the molecule is CN(C)Cc1ccc(CNC(=O)C2CCN(C(=O)OC(C)(C)C)CC2)cc1. The Bertz CT molecular complexity index is 627. The molecule has 1 heterocycles. The Morgan fingerprint density at radius 2 is 1.67 bits per heavy atom. The Hall–Kier alpha value is -2.08. The molecular formula is C21H33N3O3. The van der Waals surface area contributed by atoms with Crippen LogP contribution in [-0.4, -0.2) is 54.6 Å². The second kappa shape index (κ2) is 9.22. The van der Waals surface area contributed by atoms with Crippen LogP contribution in [0.25, 0.3) is 0 Å². The molecule has 1 aliphatic heterocycles. The molecule has 6 nitrogen and oxygen atoms in total. The summed E-state index contributed by atoms with van der Waals surface area (Å²) in [6, 6.07) is 8.32. The van der Waals surface area contributed by atoms with Crippen LogP contribution in [0.2, 0.25) is 0 Å². The average Bonchev–Trinajstić information content (AvgIpc) is 2.59. The number of nitrogens with zero attached hydrogens (tertiary/aromatic N) is 2. The number of hydrogen-bond donors (Lipinski definition) is 1. The highest BCUT2D eigenvalue weighted by atomic mass is 16.6. The number of likely N-dealkylation sites (tertiary alicyclic amines) is 1. The van der Waals surface area contributed by atoms with E-state index in [1.165, 1.54) is 5.56 Å². The fraction of sp³-hybridized carbons (Fsp3) is 0.619. The topological polar surface area (TPSA) is 61.9 Å². The molecule has 150 valence electrons. The molecule has 0 atom stereocenters. The Kier molecular flexibility index (Phi) is 7.25. The van der Waals surface area contributed by atoms with Crippen LogP contribution in [0.15, 0.2) is 24.3 Å². The first-order chi connectivity index (χ1) is 12.6. The molecule has 2 amide bonds. The number of rotatable bonds is 5. The fourth-order valence-corrected chi connectivity index (χ4v) is 3.11. The van der Waals surface area contributed by atoms with Gasteiger partial charge in [-0.15, -0.1) is 0 Å². The van der Waals surface area contributed by atoms with E-state index in [1.807, 2.05) is 34.9 Å². The summed E-state index contributed by atoms with van der Waals surface area (Å²) in [5.41, 5.74) is 1.86. The second-order valence-electron chi connectivity index (χ2n) is 8.51. The summed E-state index contributed by atoms with van der Waals surface area (Å²) >= 11 is 0. The van der Waals surface area contributed by atoms with Crippen LogP contribution < -0.4 is 5.32 Å². The highest BCUT2D eigenvalue weighted by Crippen LogP contribution is 2.20. The van der Waals surface area contributed by atoms with Crippen molar-refractivity contribution in [2.24, 2.45) is 5.92 Å².